The van der Waals surface area contributed by atoms with Crippen molar-refractivity contribution in [2.24, 2.45) is 7.05 Å². The van der Waals surface area contributed by atoms with Gasteiger partial charge in [-0.1, -0.05) is 5.92 Å². The number of carbonyl (C=O) groups excluding carboxylic acids is 1. The van der Waals surface area contributed by atoms with Crippen LogP contribution in [0.3, 0.4) is 0 Å². The summed E-state index contributed by atoms with van der Waals surface area (Å²) in [6.45, 7) is 0. The number of pyridine rings is 1. The molecule has 0 spiro atoms. The van der Waals surface area contributed by atoms with E-state index in [0.717, 1.165) is 10.9 Å². The number of aryl methyl sites for hydroxylation is 1. The number of nitrogens with zero attached hydrogens (tertiary/aromatic N) is 3. The fraction of sp³-hybridized carbons (Fsp3) is 0.154. The van der Waals surface area contributed by atoms with Gasteiger partial charge in [-0.2, -0.15) is 5.26 Å². The Balaban J connectivity index is 2.76. The Bertz CT molecular complexity index is 687. The van der Waals surface area contributed by atoms with Gasteiger partial charge in [0, 0.05) is 30.4 Å². The van der Waals surface area contributed by atoms with Gasteiger partial charge in [0.15, 0.2) is 0 Å². The molecule has 0 saturated heterocycles. The highest BCUT2D eigenvalue weighted by Crippen LogP contribution is 2.27. The molecule has 1 amide bonds. The average Bonchev–Trinajstić information content (AvgIpc) is 2.73. The first kappa shape index (κ1) is 11.7. The molecule has 1 N–H and O–H groups in total. The minimum absolute atomic E-state index is 0.491. The fourth-order valence-corrected chi connectivity index (χ4v) is 1.95. The molecule has 2 aromatic heterocycles. The summed E-state index contributed by atoms with van der Waals surface area (Å²) in [5.41, 5.74) is 2.11. The maximum absolute atomic E-state index is 10.5. The molecule has 1 atom stereocenters. The van der Waals surface area contributed by atoms with Crippen LogP contribution in [0, 0.1) is 23.7 Å². The Morgan fingerprint density at radius 3 is 3.00 bits per heavy atom. The van der Waals surface area contributed by atoms with Crippen LogP contribution in [0.4, 0.5) is 0 Å². The summed E-state index contributed by atoms with van der Waals surface area (Å²) >= 11 is 0. The number of fused-ring (bicyclic) bond motifs is 1. The van der Waals surface area contributed by atoms with Crippen molar-refractivity contribution in [1.29, 1.82) is 5.26 Å². The average molecular weight is 238 g/mol. The zero-order valence-corrected chi connectivity index (χ0v) is 9.71. The molecule has 0 fully saturated rings. The molecule has 0 aliphatic rings. The molecule has 1 unspecified atom stereocenters. The first-order chi connectivity index (χ1) is 8.72. The summed E-state index contributed by atoms with van der Waals surface area (Å²) in [6, 6.07) is 1.26. The number of carbonyl (C=O) groups is 1. The molecular formula is C13H10N4O. The summed E-state index contributed by atoms with van der Waals surface area (Å²) in [5, 5.41) is 12.3. The minimum atomic E-state index is -0.756. The van der Waals surface area contributed by atoms with Crippen LogP contribution in [0.15, 0.2) is 18.6 Å². The molecule has 0 aliphatic heterocycles. The van der Waals surface area contributed by atoms with Crippen LogP contribution in [-0.2, 0) is 11.8 Å². The standard InChI is InChI=1S/C13H10N4O/c1-3-9-7-17(2)12-6-15-5-10(13(9)12)11(4-14)16-8-18/h1,5-8,11H,2H3,(H,16,18). The first-order valence-corrected chi connectivity index (χ1v) is 5.21. The molecular weight excluding hydrogens is 228 g/mol. The number of hydrogen-bond acceptors (Lipinski definition) is 3. The molecule has 0 aromatic carbocycles. The molecule has 18 heavy (non-hydrogen) atoms. The molecule has 2 aromatic rings. The molecule has 2 heterocycles. The summed E-state index contributed by atoms with van der Waals surface area (Å²) in [5.74, 6) is 2.58. The topological polar surface area (TPSA) is 70.7 Å². The van der Waals surface area contributed by atoms with Crippen LogP contribution in [-0.4, -0.2) is 16.0 Å². The van der Waals surface area contributed by atoms with E-state index in [1.807, 2.05) is 17.7 Å². The number of rotatable bonds is 3. The van der Waals surface area contributed by atoms with Gasteiger partial charge in [-0.3, -0.25) is 9.78 Å². The lowest BCUT2D eigenvalue weighted by atomic mass is 10.0. The normalized spacial score (nSPS) is 11.5. The number of hydrogen-bond donors (Lipinski definition) is 1. The zero-order chi connectivity index (χ0) is 13.1. The van der Waals surface area contributed by atoms with Crippen molar-refractivity contribution < 1.29 is 4.79 Å². The van der Waals surface area contributed by atoms with Crippen molar-refractivity contribution in [3.05, 3.63) is 29.7 Å². The van der Waals surface area contributed by atoms with Crippen molar-refractivity contribution in [3.63, 3.8) is 0 Å². The molecule has 0 aliphatic carbocycles. The predicted molar refractivity (Wildman–Crippen MR) is 66.2 cm³/mol. The van der Waals surface area contributed by atoms with Gasteiger partial charge in [-0.25, -0.2) is 0 Å². The Morgan fingerprint density at radius 2 is 2.39 bits per heavy atom. The lowest BCUT2D eigenvalue weighted by Crippen LogP contribution is -2.18. The number of nitriles is 1. The number of amides is 1. The van der Waals surface area contributed by atoms with Crippen LogP contribution in [0.2, 0.25) is 0 Å². The highest BCUT2D eigenvalue weighted by Gasteiger charge is 2.17. The van der Waals surface area contributed by atoms with E-state index < -0.39 is 6.04 Å². The number of terminal acetylenes is 1. The van der Waals surface area contributed by atoms with Crippen molar-refractivity contribution in [3.8, 4) is 18.4 Å². The molecule has 0 saturated carbocycles. The van der Waals surface area contributed by atoms with Crippen molar-refractivity contribution >= 4 is 17.3 Å². The quantitative estimate of drug-likeness (QED) is 0.637. The van der Waals surface area contributed by atoms with Crippen molar-refractivity contribution in [1.82, 2.24) is 14.9 Å². The maximum Gasteiger partial charge on any atom is 0.208 e. The Morgan fingerprint density at radius 1 is 1.61 bits per heavy atom. The second kappa shape index (κ2) is 4.60. The molecule has 0 radical (unpaired) electrons. The van der Waals surface area contributed by atoms with Crippen LogP contribution in [0.1, 0.15) is 17.2 Å². The predicted octanol–water partition coefficient (Wildman–Crippen LogP) is 0.865. The van der Waals surface area contributed by atoms with Gasteiger partial charge in [0.2, 0.25) is 6.41 Å². The van der Waals surface area contributed by atoms with Crippen LogP contribution >= 0.6 is 0 Å². The van der Waals surface area contributed by atoms with Crippen LogP contribution in [0.25, 0.3) is 10.9 Å². The van der Waals surface area contributed by atoms with Gasteiger partial charge in [0.05, 0.1) is 23.3 Å². The number of aromatic nitrogens is 2. The fourth-order valence-electron chi connectivity index (χ4n) is 1.95. The molecule has 2 rings (SSSR count). The zero-order valence-electron chi connectivity index (χ0n) is 9.71. The SMILES string of the molecule is C#Cc1cn(C)c2cncc(C(C#N)NC=O)c12. The largest absolute Gasteiger partial charge is 0.348 e. The van der Waals surface area contributed by atoms with E-state index in [0.29, 0.717) is 17.5 Å². The Labute approximate surface area is 104 Å². The molecule has 88 valence electrons. The van der Waals surface area contributed by atoms with Gasteiger partial charge < -0.3 is 9.88 Å². The monoisotopic (exact) mass is 238 g/mol. The van der Waals surface area contributed by atoms with Crippen LogP contribution < -0.4 is 5.32 Å². The third-order valence-electron chi connectivity index (χ3n) is 2.76. The van der Waals surface area contributed by atoms with Gasteiger partial charge >= 0.3 is 0 Å². The second-order valence-electron chi connectivity index (χ2n) is 3.77. The van der Waals surface area contributed by atoms with E-state index in [1.165, 1.54) is 0 Å². The smallest absolute Gasteiger partial charge is 0.208 e. The molecule has 0 bridgehead atoms. The first-order valence-electron chi connectivity index (χ1n) is 5.21. The highest BCUT2D eigenvalue weighted by atomic mass is 16.1. The van der Waals surface area contributed by atoms with Gasteiger partial charge in [0.25, 0.3) is 0 Å². The highest BCUT2D eigenvalue weighted by molar-refractivity contribution is 5.89. The molecule has 5 heteroatoms. The Kier molecular flexibility index (Phi) is 2.99. The van der Waals surface area contributed by atoms with Crippen LogP contribution in [0.5, 0.6) is 0 Å². The third-order valence-corrected chi connectivity index (χ3v) is 2.76. The lowest BCUT2D eigenvalue weighted by molar-refractivity contribution is -0.109. The lowest BCUT2D eigenvalue weighted by Gasteiger charge is -2.09. The van der Waals surface area contributed by atoms with Gasteiger partial charge in [-0.15, -0.1) is 6.42 Å². The van der Waals surface area contributed by atoms with E-state index in [-0.39, 0.29) is 0 Å². The summed E-state index contributed by atoms with van der Waals surface area (Å²) in [7, 11) is 1.85. The summed E-state index contributed by atoms with van der Waals surface area (Å²) in [4.78, 5) is 14.6. The Hall–Kier alpha value is -2.79. The van der Waals surface area contributed by atoms with E-state index in [1.54, 1.807) is 18.6 Å². The van der Waals surface area contributed by atoms with E-state index in [2.05, 4.69) is 16.2 Å². The maximum atomic E-state index is 10.5. The van der Waals surface area contributed by atoms with Gasteiger partial charge in [-0.05, 0) is 0 Å². The molecule has 5 nitrogen and oxygen atoms in total. The summed E-state index contributed by atoms with van der Waals surface area (Å²) < 4.78 is 1.84. The van der Waals surface area contributed by atoms with Gasteiger partial charge in [0.1, 0.15) is 6.04 Å². The van der Waals surface area contributed by atoms with E-state index in [4.69, 9.17) is 11.7 Å². The second-order valence-corrected chi connectivity index (χ2v) is 3.77. The third kappa shape index (κ3) is 1.68. The summed E-state index contributed by atoms with van der Waals surface area (Å²) in [6.07, 6.45) is 11.0. The number of nitrogens with one attached hydrogen (secondary N) is 1. The minimum Gasteiger partial charge on any atom is -0.348 e. The van der Waals surface area contributed by atoms with Crippen molar-refractivity contribution in [2.45, 2.75) is 6.04 Å². The van der Waals surface area contributed by atoms with E-state index >= 15 is 0 Å². The van der Waals surface area contributed by atoms with E-state index in [9.17, 15) is 4.79 Å². The van der Waals surface area contributed by atoms with Crippen molar-refractivity contribution in [2.75, 3.05) is 0 Å².